The Morgan fingerprint density at radius 2 is 0.815 bits per heavy atom. The van der Waals surface area contributed by atoms with Gasteiger partial charge < -0.3 is 37.4 Å². The van der Waals surface area contributed by atoms with Crippen LogP contribution in [-0.2, 0) is 47.0 Å². The van der Waals surface area contributed by atoms with Crippen molar-refractivity contribution < 1.29 is 47.0 Å². The molecule has 10 nitrogen and oxygen atoms in total. The smallest absolute Gasteiger partial charge is 0.466 e. The summed E-state index contributed by atoms with van der Waals surface area (Å²) >= 11 is 3.35. The number of hydrogen-bond donors (Lipinski definition) is 0. The summed E-state index contributed by atoms with van der Waals surface area (Å²) in [5.74, 6) is -0.837. The van der Waals surface area contributed by atoms with Crippen molar-refractivity contribution in [3.05, 3.63) is 64.1 Å². The van der Waals surface area contributed by atoms with Crippen LogP contribution >= 0.6 is 15.9 Å². The molecule has 0 saturated carbocycles. The van der Waals surface area contributed by atoms with Crippen molar-refractivity contribution in [2.24, 2.45) is 0 Å². The van der Waals surface area contributed by atoms with Gasteiger partial charge in [-0.3, -0.25) is 9.59 Å². The summed E-state index contributed by atoms with van der Waals surface area (Å²) < 4.78 is 46.9. The molecule has 3 fully saturated rings. The van der Waals surface area contributed by atoms with Crippen LogP contribution in [0.4, 0.5) is 0 Å². The number of rotatable bonds is 8. The second kappa shape index (κ2) is 17.5. The van der Waals surface area contributed by atoms with Gasteiger partial charge >= 0.3 is 33.1 Å². The third kappa shape index (κ3) is 10.8. The summed E-state index contributed by atoms with van der Waals surface area (Å²) in [7, 11) is -1.33. The lowest BCUT2D eigenvalue weighted by molar-refractivity contribution is -0.145. The minimum Gasteiger partial charge on any atom is -0.466 e. The highest BCUT2D eigenvalue weighted by molar-refractivity contribution is 9.10. The largest absolute Gasteiger partial charge is 0.494 e. The van der Waals surface area contributed by atoms with Crippen LogP contribution in [0, 0.1) is 0 Å². The number of carbonyl (C=O) groups is 2. The van der Waals surface area contributed by atoms with Crippen LogP contribution in [0.25, 0.3) is 0 Å². The number of esters is 2. The summed E-state index contributed by atoms with van der Waals surface area (Å²) in [4.78, 5) is 23.2. The summed E-state index contributed by atoms with van der Waals surface area (Å²) in [5, 5.41) is 0. The van der Waals surface area contributed by atoms with E-state index < -0.39 is 14.0 Å². The van der Waals surface area contributed by atoms with Gasteiger partial charge in [0, 0.05) is 4.47 Å². The van der Waals surface area contributed by atoms with Crippen LogP contribution in [0.3, 0.4) is 0 Å². The van der Waals surface area contributed by atoms with Crippen molar-refractivity contribution in [3.8, 4) is 0 Å². The van der Waals surface area contributed by atoms with E-state index in [1.54, 1.807) is 0 Å². The molecule has 3 aliphatic rings. The highest BCUT2D eigenvalue weighted by atomic mass is 79.9. The van der Waals surface area contributed by atoms with Gasteiger partial charge in [0.2, 0.25) is 0 Å². The van der Waals surface area contributed by atoms with E-state index in [1.807, 2.05) is 159 Å². The SMILES string of the molecule is CC1(C)OB(B2OC(C)(C)C(C)(C)O2)OC1(C)C.CCOC(=O)C(C)c1ccc(B2OC(C)(C)C(C)(C)O2)cc1.CCOC(=O)C(C)c1ccc(Br)cc1. The van der Waals surface area contributed by atoms with E-state index in [2.05, 4.69) is 15.9 Å². The van der Waals surface area contributed by atoms with E-state index in [0.29, 0.717) is 13.2 Å². The van der Waals surface area contributed by atoms with E-state index in [-0.39, 0.29) is 64.5 Å². The number of benzene rings is 2. The quantitative estimate of drug-likeness (QED) is 0.192. The van der Waals surface area contributed by atoms with Gasteiger partial charge in [-0.15, -0.1) is 0 Å². The van der Waals surface area contributed by atoms with E-state index in [9.17, 15) is 9.59 Å². The minimum absolute atomic E-state index is 0.171. The molecule has 5 rings (SSSR count). The van der Waals surface area contributed by atoms with Crippen molar-refractivity contribution in [1.82, 2.24) is 0 Å². The zero-order valence-electron chi connectivity index (χ0n) is 35.4. The highest BCUT2D eigenvalue weighted by Gasteiger charge is 2.63. The van der Waals surface area contributed by atoms with Gasteiger partial charge in [0.25, 0.3) is 0 Å². The molecule has 0 spiro atoms. The molecule has 3 heterocycles. The van der Waals surface area contributed by atoms with E-state index in [1.165, 1.54) is 0 Å². The van der Waals surface area contributed by atoms with E-state index in [0.717, 1.165) is 21.1 Å². The first-order valence-corrected chi connectivity index (χ1v) is 19.8. The average molecular weight is 815 g/mol. The molecule has 2 aromatic rings. The fraction of sp³-hybridized carbons (Fsp3) is 0.650. The standard InChI is InChI=1S/C17H25BO4.C12H24B2O4.C11H13BrO2/c1-7-20-15(19)12(2)13-8-10-14(11-9-13)18-21-16(3,4)17(5,6)22-18;1-9(2)10(3,4)16-13(15-9)14-17-11(5,6)12(7,8)18-14;1-3-14-11(13)8(2)9-4-6-10(12)7-5-9/h8-12H,7H2,1-6H3;1-8H3;4-8H,3H2,1-2H3. The summed E-state index contributed by atoms with van der Waals surface area (Å²) in [6, 6.07) is 15.5. The van der Waals surface area contributed by atoms with Crippen molar-refractivity contribution in [2.75, 3.05) is 13.2 Å². The number of carbonyl (C=O) groups excluding carboxylic acids is 2. The first kappa shape index (κ1) is 46.2. The Balaban J connectivity index is 0.000000224. The van der Waals surface area contributed by atoms with Crippen molar-refractivity contribution in [2.45, 2.75) is 156 Å². The Labute approximate surface area is 333 Å². The zero-order valence-corrected chi connectivity index (χ0v) is 37.0. The lowest BCUT2D eigenvalue weighted by Crippen LogP contribution is -2.41. The van der Waals surface area contributed by atoms with Crippen molar-refractivity contribution >= 4 is 54.5 Å². The maximum absolute atomic E-state index is 11.8. The molecule has 2 unspecified atom stereocenters. The molecule has 0 radical (unpaired) electrons. The molecule has 54 heavy (non-hydrogen) atoms. The van der Waals surface area contributed by atoms with Crippen LogP contribution in [0.2, 0.25) is 0 Å². The predicted molar refractivity (Wildman–Crippen MR) is 219 cm³/mol. The average Bonchev–Trinajstić information content (AvgIpc) is 3.54. The molecule has 0 aliphatic carbocycles. The van der Waals surface area contributed by atoms with Gasteiger partial charge in [0.15, 0.2) is 0 Å². The zero-order chi connectivity index (χ0) is 41.1. The minimum atomic E-state index is -0.476. The molecule has 0 bridgehead atoms. The molecule has 0 amide bonds. The number of ether oxygens (including phenoxy) is 2. The monoisotopic (exact) mass is 814 g/mol. The van der Waals surface area contributed by atoms with Crippen LogP contribution in [-0.4, -0.2) is 79.9 Å². The van der Waals surface area contributed by atoms with E-state index in [4.69, 9.17) is 37.4 Å². The normalized spacial score (nSPS) is 22.3. The molecule has 3 aliphatic heterocycles. The molecule has 2 atom stereocenters. The fourth-order valence-corrected chi connectivity index (χ4v) is 5.74. The molecule has 3 saturated heterocycles. The van der Waals surface area contributed by atoms with Crippen LogP contribution in [0.15, 0.2) is 53.0 Å². The number of halogens is 1. The Morgan fingerprint density at radius 1 is 0.537 bits per heavy atom. The fourth-order valence-electron chi connectivity index (χ4n) is 5.48. The molecular formula is C40H62B3BrO10. The second-order valence-corrected chi connectivity index (χ2v) is 17.9. The Kier molecular flexibility index (Phi) is 15.0. The van der Waals surface area contributed by atoms with Gasteiger partial charge in [-0.2, -0.15) is 0 Å². The second-order valence-electron chi connectivity index (χ2n) is 17.0. The van der Waals surface area contributed by atoms with Gasteiger partial charge in [-0.1, -0.05) is 52.3 Å². The Hall–Kier alpha value is -2.19. The molecule has 0 N–H and O–H groups in total. The van der Waals surface area contributed by atoms with Gasteiger partial charge in [0.05, 0.1) is 58.7 Å². The summed E-state index contributed by atoms with van der Waals surface area (Å²) in [5.41, 5.74) is 0.720. The molecular weight excluding hydrogens is 753 g/mol. The Bertz CT molecular complexity index is 1480. The van der Waals surface area contributed by atoms with Crippen LogP contribution in [0.5, 0.6) is 0 Å². The van der Waals surface area contributed by atoms with Gasteiger partial charge in [-0.25, -0.2) is 0 Å². The van der Waals surface area contributed by atoms with Crippen molar-refractivity contribution in [1.29, 1.82) is 0 Å². The predicted octanol–water partition coefficient (Wildman–Crippen LogP) is 8.02. The first-order valence-electron chi connectivity index (χ1n) is 19.0. The molecule has 2 aromatic carbocycles. The van der Waals surface area contributed by atoms with Crippen molar-refractivity contribution in [3.63, 3.8) is 0 Å². The third-order valence-corrected chi connectivity index (χ3v) is 11.9. The lowest BCUT2D eigenvalue weighted by atomic mass is 9.49. The first-order chi connectivity index (χ1) is 24.7. The Morgan fingerprint density at radius 3 is 1.11 bits per heavy atom. The number of hydrogen-bond acceptors (Lipinski definition) is 10. The van der Waals surface area contributed by atoms with Crippen LogP contribution < -0.4 is 5.46 Å². The molecule has 298 valence electrons. The highest BCUT2D eigenvalue weighted by Crippen LogP contribution is 2.43. The van der Waals surface area contributed by atoms with Gasteiger partial charge in [0.1, 0.15) is 0 Å². The third-order valence-electron chi connectivity index (χ3n) is 11.4. The maximum Gasteiger partial charge on any atom is 0.494 e. The summed E-state index contributed by atoms with van der Waals surface area (Å²) in [6.45, 7) is 32.5. The molecule has 14 heteroatoms. The molecule has 0 aromatic heterocycles. The maximum atomic E-state index is 11.8. The van der Waals surface area contributed by atoms with E-state index >= 15 is 0 Å². The van der Waals surface area contributed by atoms with Crippen LogP contribution in [0.1, 0.15) is 134 Å². The topological polar surface area (TPSA) is 108 Å². The summed E-state index contributed by atoms with van der Waals surface area (Å²) in [6.07, 6.45) is 0. The lowest BCUT2D eigenvalue weighted by Gasteiger charge is -2.32. The van der Waals surface area contributed by atoms with Gasteiger partial charge in [-0.05, 0) is 140 Å².